The van der Waals surface area contributed by atoms with Crippen LogP contribution in [0.3, 0.4) is 0 Å². The molecule has 0 aromatic heterocycles. The molecule has 2 amide bonds. The molecular formula is C14H17FN2O2. The molecule has 1 heterocycles. The maximum atomic E-state index is 12.9. The van der Waals surface area contributed by atoms with Gasteiger partial charge in [-0.15, -0.1) is 0 Å². The van der Waals surface area contributed by atoms with Gasteiger partial charge >= 0.3 is 0 Å². The number of amides is 2. The highest BCUT2D eigenvalue weighted by atomic mass is 19.1. The van der Waals surface area contributed by atoms with Crippen molar-refractivity contribution in [3.05, 3.63) is 35.6 Å². The summed E-state index contributed by atoms with van der Waals surface area (Å²) in [6.45, 7) is 4.74. The van der Waals surface area contributed by atoms with Crippen molar-refractivity contribution in [1.82, 2.24) is 10.2 Å². The first-order valence-corrected chi connectivity index (χ1v) is 6.35. The molecule has 1 N–H and O–H groups in total. The zero-order chi connectivity index (χ0) is 14.0. The van der Waals surface area contributed by atoms with Gasteiger partial charge in [-0.25, -0.2) is 4.39 Å². The van der Waals surface area contributed by atoms with Gasteiger partial charge in [-0.1, -0.05) is 13.8 Å². The molecule has 0 aliphatic carbocycles. The van der Waals surface area contributed by atoms with Crippen molar-refractivity contribution < 1.29 is 14.0 Å². The molecule has 1 fully saturated rings. The van der Waals surface area contributed by atoms with E-state index >= 15 is 0 Å². The molecule has 102 valence electrons. The van der Waals surface area contributed by atoms with Gasteiger partial charge in [0.2, 0.25) is 5.91 Å². The standard InChI is InChI=1S/C14H17FN2O2/c1-9(2)12-13(18)16-7-8-17(12)14(19)10-3-5-11(15)6-4-10/h3-6,9,12H,7-8H2,1-2H3,(H,16,18). The van der Waals surface area contributed by atoms with Crippen molar-refractivity contribution in [2.45, 2.75) is 19.9 Å². The summed E-state index contributed by atoms with van der Waals surface area (Å²) in [7, 11) is 0. The zero-order valence-electron chi connectivity index (χ0n) is 11.0. The fourth-order valence-corrected chi connectivity index (χ4v) is 2.33. The molecular weight excluding hydrogens is 247 g/mol. The first kappa shape index (κ1) is 13.5. The van der Waals surface area contributed by atoms with E-state index in [1.165, 1.54) is 24.3 Å². The summed E-state index contributed by atoms with van der Waals surface area (Å²) in [5.41, 5.74) is 0.404. The third kappa shape index (κ3) is 2.75. The highest BCUT2D eigenvalue weighted by Crippen LogP contribution is 2.17. The average Bonchev–Trinajstić information content (AvgIpc) is 2.38. The molecule has 1 saturated heterocycles. The molecule has 0 spiro atoms. The summed E-state index contributed by atoms with van der Waals surface area (Å²) >= 11 is 0. The number of hydrogen-bond acceptors (Lipinski definition) is 2. The van der Waals surface area contributed by atoms with Gasteiger partial charge < -0.3 is 10.2 Å². The number of piperazine rings is 1. The fraction of sp³-hybridized carbons (Fsp3) is 0.429. The van der Waals surface area contributed by atoms with E-state index < -0.39 is 6.04 Å². The second-order valence-corrected chi connectivity index (χ2v) is 4.99. The first-order chi connectivity index (χ1) is 9.00. The van der Waals surface area contributed by atoms with E-state index in [1.54, 1.807) is 4.90 Å². The Morgan fingerprint density at radius 1 is 1.37 bits per heavy atom. The van der Waals surface area contributed by atoms with Crippen molar-refractivity contribution in [1.29, 1.82) is 0 Å². The fourth-order valence-electron chi connectivity index (χ4n) is 2.33. The highest BCUT2D eigenvalue weighted by Gasteiger charge is 2.35. The Kier molecular flexibility index (Phi) is 3.83. The van der Waals surface area contributed by atoms with E-state index in [9.17, 15) is 14.0 Å². The van der Waals surface area contributed by atoms with Gasteiger partial charge in [0.15, 0.2) is 0 Å². The van der Waals surface area contributed by atoms with Gasteiger partial charge in [0, 0.05) is 18.7 Å². The van der Waals surface area contributed by atoms with Gasteiger partial charge in [0.05, 0.1) is 0 Å². The van der Waals surface area contributed by atoms with Crippen LogP contribution in [0.1, 0.15) is 24.2 Å². The molecule has 1 atom stereocenters. The molecule has 0 saturated carbocycles. The van der Waals surface area contributed by atoms with Gasteiger partial charge in [-0.05, 0) is 30.2 Å². The van der Waals surface area contributed by atoms with Crippen molar-refractivity contribution >= 4 is 11.8 Å². The number of rotatable bonds is 2. The van der Waals surface area contributed by atoms with Crippen molar-refractivity contribution in [2.24, 2.45) is 5.92 Å². The lowest BCUT2D eigenvalue weighted by molar-refractivity contribution is -0.129. The van der Waals surface area contributed by atoms with Gasteiger partial charge in [-0.3, -0.25) is 9.59 Å². The van der Waals surface area contributed by atoms with E-state index in [-0.39, 0.29) is 23.5 Å². The van der Waals surface area contributed by atoms with E-state index in [1.807, 2.05) is 13.8 Å². The first-order valence-electron chi connectivity index (χ1n) is 6.35. The lowest BCUT2D eigenvalue weighted by Crippen LogP contribution is -2.59. The van der Waals surface area contributed by atoms with E-state index in [4.69, 9.17) is 0 Å². The van der Waals surface area contributed by atoms with E-state index in [0.29, 0.717) is 18.7 Å². The Morgan fingerprint density at radius 3 is 2.58 bits per heavy atom. The van der Waals surface area contributed by atoms with Crippen LogP contribution in [0.25, 0.3) is 0 Å². The smallest absolute Gasteiger partial charge is 0.254 e. The molecule has 0 bridgehead atoms. The number of carbonyl (C=O) groups is 2. The predicted octanol–water partition coefficient (Wildman–Crippen LogP) is 1.42. The van der Waals surface area contributed by atoms with Gasteiger partial charge in [0.1, 0.15) is 11.9 Å². The number of benzene rings is 1. The van der Waals surface area contributed by atoms with Gasteiger partial charge in [-0.2, -0.15) is 0 Å². The molecule has 0 radical (unpaired) electrons. The van der Waals surface area contributed by atoms with Gasteiger partial charge in [0.25, 0.3) is 5.91 Å². The lowest BCUT2D eigenvalue weighted by atomic mass is 9.98. The maximum absolute atomic E-state index is 12.9. The number of hydrogen-bond donors (Lipinski definition) is 1. The quantitative estimate of drug-likeness (QED) is 0.878. The minimum Gasteiger partial charge on any atom is -0.353 e. The van der Waals surface area contributed by atoms with Crippen LogP contribution in [-0.2, 0) is 4.79 Å². The second-order valence-electron chi connectivity index (χ2n) is 4.99. The van der Waals surface area contributed by atoms with Crippen LogP contribution < -0.4 is 5.32 Å². The Morgan fingerprint density at radius 2 is 2.00 bits per heavy atom. The van der Waals surface area contributed by atoms with E-state index in [2.05, 4.69) is 5.32 Å². The Hall–Kier alpha value is -1.91. The largest absolute Gasteiger partial charge is 0.353 e. The Labute approximate surface area is 111 Å². The summed E-state index contributed by atoms with van der Waals surface area (Å²) in [5.74, 6) is -0.705. The molecule has 1 aromatic carbocycles. The highest BCUT2D eigenvalue weighted by molar-refractivity contribution is 5.98. The second kappa shape index (κ2) is 5.38. The zero-order valence-corrected chi connectivity index (χ0v) is 11.0. The number of nitrogens with one attached hydrogen (secondary N) is 1. The third-order valence-corrected chi connectivity index (χ3v) is 3.24. The van der Waals surface area contributed by atoms with Crippen molar-refractivity contribution in [3.8, 4) is 0 Å². The van der Waals surface area contributed by atoms with Crippen LogP contribution in [0.2, 0.25) is 0 Å². The normalized spacial score (nSPS) is 19.5. The minimum atomic E-state index is -0.466. The maximum Gasteiger partial charge on any atom is 0.254 e. The summed E-state index contributed by atoms with van der Waals surface area (Å²) in [4.78, 5) is 25.8. The SMILES string of the molecule is CC(C)C1C(=O)NCCN1C(=O)c1ccc(F)cc1. The summed E-state index contributed by atoms with van der Waals surface area (Å²) < 4.78 is 12.9. The minimum absolute atomic E-state index is 0.0321. The Bertz CT molecular complexity index is 485. The molecule has 4 nitrogen and oxygen atoms in total. The number of halogens is 1. The molecule has 5 heteroatoms. The molecule has 1 aliphatic rings. The van der Waals surface area contributed by atoms with Crippen molar-refractivity contribution in [3.63, 3.8) is 0 Å². The molecule has 1 unspecified atom stereocenters. The van der Waals surface area contributed by atoms with E-state index in [0.717, 1.165) is 0 Å². The molecule has 2 rings (SSSR count). The predicted molar refractivity (Wildman–Crippen MR) is 69.1 cm³/mol. The van der Waals surface area contributed by atoms with Crippen LogP contribution in [0.4, 0.5) is 4.39 Å². The number of nitrogens with zero attached hydrogens (tertiary/aromatic N) is 1. The number of carbonyl (C=O) groups excluding carboxylic acids is 2. The van der Waals surface area contributed by atoms with Crippen molar-refractivity contribution in [2.75, 3.05) is 13.1 Å². The summed E-state index contributed by atoms with van der Waals surface area (Å²) in [5, 5.41) is 2.77. The molecule has 1 aliphatic heterocycles. The summed E-state index contributed by atoms with van der Waals surface area (Å²) in [6, 6.07) is 4.93. The van der Waals surface area contributed by atoms with Crippen LogP contribution in [0.15, 0.2) is 24.3 Å². The van der Waals surface area contributed by atoms with Crippen LogP contribution in [-0.4, -0.2) is 35.8 Å². The molecule has 19 heavy (non-hydrogen) atoms. The topological polar surface area (TPSA) is 49.4 Å². The third-order valence-electron chi connectivity index (χ3n) is 3.24. The van der Waals surface area contributed by atoms with Crippen LogP contribution >= 0.6 is 0 Å². The van der Waals surface area contributed by atoms with Crippen LogP contribution in [0.5, 0.6) is 0 Å². The summed E-state index contributed by atoms with van der Waals surface area (Å²) in [6.07, 6.45) is 0. The average molecular weight is 264 g/mol. The lowest BCUT2D eigenvalue weighted by Gasteiger charge is -2.37. The van der Waals surface area contributed by atoms with Crippen LogP contribution in [0, 0.1) is 11.7 Å². The Balaban J connectivity index is 2.25. The monoisotopic (exact) mass is 264 g/mol. The molecule has 1 aromatic rings.